The number of nitrogens with one attached hydrogen (secondary N) is 2. The first-order chi connectivity index (χ1) is 13.3. The summed E-state index contributed by atoms with van der Waals surface area (Å²) in [5, 5.41) is 6.08. The van der Waals surface area contributed by atoms with Crippen LogP contribution in [0.15, 0.2) is 42.5 Å². The van der Waals surface area contributed by atoms with Crippen LogP contribution >= 0.6 is 0 Å². The molecular weight excluding hydrogens is 348 g/mol. The van der Waals surface area contributed by atoms with Gasteiger partial charge in [0.25, 0.3) is 0 Å². The first-order valence-corrected chi connectivity index (χ1v) is 10.1. The number of hydrogen-bond donors (Lipinski definition) is 2. The molecule has 1 fully saturated rings. The Hall–Kier alpha value is -2.62. The number of rotatable bonds is 6. The SMILES string of the molecule is Cc1cccc(NC(=O)C2CC2C(=O)Nc2c(C(C)C)cccc2C(C)C)c1. The van der Waals surface area contributed by atoms with Crippen LogP contribution in [0.5, 0.6) is 0 Å². The standard InChI is InChI=1S/C24H30N2O2/c1-14(2)18-10-7-11-19(15(3)4)22(18)26-24(28)21-13-20(21)23(27)25-17-9-6-8-16(5)12-17/h6-12,14-15,20-21H,13H2,1-5H3,(H,25,27)(H,26,28). The molecule has 1 aliphatic rings. The molecule has 2 aromatic rings. The summed E-state index contributed by atoms with van der Waals surface area (Å²) in [6, 6.07) is 13.9. The van der Waals surface area contributed by atoms with Crippen LogP contribution in [0.2, 0.25) is 0 Å². The summed E-state index contributed by atoms with van der Waals surface area (Å²) in [4.78, 5) is 25.4. The Morgan fingerprint density at radius 1 is 0.857 bits per heavy atom. The monoisotopic (exact) mass is 378 g/mol. The van der Waals surface area contributed by atoms with Crippen LogP contribution in [0.3, 0.4) is 0 Å². The van der Waals surface area contributed by atoms with Crippen molar-refractivity contribution >= 4 is 23.2 Å². The van der Waals surface area contributed by atoms with Crippen LogP contribution in [-0.4, -0.2) is 11.8 Å². The van der Waals surface area contributed by atoms with E-state index in [2.05, 4.69) is 56.5 Å². The third-order valence-corrected chi connectivity index (χ3v) is 5.37. The van der Waals surface area contributed by atoms with Crippen LogP contribution in [0.1, 0.15) is 62.6 Å². The molecule has 2 unspecified atom stereocenters. The summed E-state index contributed by atoms with van der Waals surface area (Å²) in [6.45, 7) is 10.5. The van der Waals surface area contributed by atoms with Gasteiger partial charge in [-0.15, -0.1) is 0 Å². The van der Waals surface area contributed by atoms with E-state index in [0.29, 0.717) is 18.3 Å². The van der Waals surface area contributed by atoms with E-state index >= 15 is 0 Å². The summed E-state index contributed by atoms with van der Waals surface area (Å²) in [5.41, 5.74) is 5.07. The zero-order valence-electron chi connectivity index (χ0n) is 17.4. The Labute approximate surface area is 167 Å². The smallest absolute Gasteiger partial charge is 0.228 e. The minimum Gasteiger partial charge on any atom is -0.326 e. The van der Waals surface area contributed by atoms with Gasteiger partial charge in [-0.2, -0.15) is 0 Å². The molecule has 0 aromatic heterocycles. The Balaban J connectivity index is 1.69. The number of benzene rings is 2. The van der Waals surface area contributed by atoms with Crippen molar-refractivity contribution in [1.29, 1.82) is 0 Å². The number of anilines is 2. The van der Waals surface area contributed by atoms with Crippen LogP contribution in [-0.2, 0) is 9.59 Å². The van der Waals surface area contributed by atoms with Gasteiger partial charge < -0.3 is 10.6 Å². The highest BCUT2D eigenvalue weighted by Crippen LogP contribution is 2.41. The van der Waals surface area contributed by atoms with Gasteiger partial charge >= 0.3 is 0 Å². The molecule has 4 heteroatoms. The van der Waals surface area contributed by atoms with Gasteiger partial charge in [-0.3, -0.25) is 9.59 Å². The zero-order valence-corrected chi connectivity index (χ0v) is 17.4. The summed E-state index contributed by atoms with van der Waals surface area (Å²) in [5.74, 6) is -0.0205. The topological polar surface area (TPSA) is 58.2 Å². The lowest BCUT2D eigenvalue weighted by Crippen LogP contribution is -2.22. The predicted molar refractivity (Wildman–Crippen MR) is 115 cm³/mol. The zero-order chi connectivity index (χ0) is 20.4. The molecule has 0 saturated heterocycles. The van der Waals surface area contributed by atoms with E-state index in [9.17, 15) is 9.59 Å². The lowest BCUT2D eigenvalue weighted by molar-refractivity contribution is -0.122. The van der Waals surface area contributed by atoms with Crippen molar-refractivity contribution in [3.63, 3.8) is 0 Å². The molecule has 0 aliphatic heterocycles. The van der Waals surface area contributed by atoms with Gasteiger partial charge in [0, 0.05) is 11.4 Å². The highest BCUT2D eigenvalue weighted by atomic mass is 16.2. The van der Waals surface area contributed by atoms with Gasteiger partial charge in [-0.1, -0.05) is 58.0 Å². The first-order valence-electron chi connectivity index (χ1n) is 10.1. The van der Waals surface area contributed by atoms with E-state index in [1.807, 2.05) is 31.2 Å². The molecule has 1 aliphatic carbocycles. The molecule has 4 nitrogen and oxygen atoms in total. The molecule has 2 aromatic carbocycles. The van der Waals surface area contributed by atoms with E-state index in [-0.39, 0.29) is 23.7 Å². The highest BCUT2D eigenvalue weighted by molar-refractivity contribution is 6.03. The summed E-state index contributed by atoms with van der Waals surface area (Å²) in [7, 11) is 0. The van der Waals surface area contributed by atoms with E-state index < -0.39 is 0 Å². The van der Waals surface area contributed by atoms with E-state index in [1.54, 1.807) is 0 Å². The molecule has 28 heavy (non-hydrogen) atoms. The molecule has 1 saturated carbocycles. The minimum atomic E-state index is -0.259. The second-order valence-corrected chi connectivity index (χ2v) is 8.42. The van der Waals surface area contributed by atoms with Crippen molar-refractivity contribution in [3.8, 4) is 0 Å². The quantitative estimate of drug-likeness (QED) is 0.702. The van der Waals surface area contributed by atoms with E-state index in [0.717, 1.165) is 28.1 Å². The number of para-hydroxylation sites is 1. The highest BCUT2D eigenvalue weighted by Gasteiger charge is 2.48. The van der Waals surface area contributed by atoms with Crippen molar-refractivity contribution < 1.29 is 9.59 Å². The number of amides is 2. The summed E-state index contributed by atoms with van der Waals surface area (Å²) >= 11 is 0. The van der Waals surface area contributed by atoms with Crippen LogP contribution in [0.25, 0.3) is 0 Å². The molecule has 3 rings (SSSR count). The lowest BCUT2D eigenvalue weighted by Gasteiger charge is -2.20. The van der Waals surface area contributed by atoms with Crippen LogP contribution in [0.4, 0.5) is 11.4 Å². The molecule has 148 valence electrons. The normalized spacial score (nSPS) is 18.2. The third kappa shape index (κ3) is 4.44. The molecule has 0 radical (unpaired) electrons. The van der Waals surface area contributed by atoms with Crippen molar-refractivity contribution in [3.05, 3.63) is 59.2 Å². The average Bonchev–Trinajstić information content (AvgIpc) is 3.42. The van der Waals surface area contributed by atoms with E-state index in [4.69, 9.17) is 0 Å². The van der Waals surface area contributed by atoms with Crippen molar-refractivity contribution in [2.45, 2.75) is 52.9 Å². The Kier molecular flexibility index (Phi) is 5.87. The predicted octanol–water partition coefficient (Wildman–Crippen LogP) is 5.46. The Bertz CT molecular complexity index is 860. The average molecular weight is 379 g/mol. The van der Waals surface area contributed by atoms with Crippen molar-refractivity contribution in [2.75, 3.05) is 10.6 Å². The van der Waals surface area contributed by atoms with Crippen LogP contribution in [0, 0.1) is 18.8 Å². The maximum Gasteiger partial charge on any atom is 0.228 e. The maximum absolute atomic E-state index is 12.9. The molecule has 0 spiro atoms. The first kappa shape index (κ1) is 20.1. The summed E-state index contributed by atoms with van der Waals surface area (Å²) < 4.78 is 0. The molecule has 2 atom stereocenters. The Morgan fingerprint density at radius 2 is 1.39 bits per heavy atom. The molecule has 0 heterocycles. The van der Waals surface area contributed by atoms with Crippen molar-refractivity contribution in [2.24, 2.45) is 11.8 Å². The number of carbonyl (C=O) groups is 2. The number of carbonyl (C=O) groups excluding carboxylic acids is 2. The van der Waals surface area contributed by atoms with Crippen molar-refractivity contribution in [1.82, 2.24) is 0 Å². The van der Waals surface area contributed by atoms with Crippen LogP contribution < -0.4 is 10.6 Å². The van der Waals surface area contributed by atoms with Gasteiger partial charge in [-0.05, 0) is 54.0 Å². The number of aryl methyl sites for hydroxylation is 1. The molecule has 2 N–H and O–H groups in total. The number of hydrogen-bond acceptors (Lipinski definition) is 2. The fraction of sp³-hybridized carbons (Fsp3) is 0.417. The lowest BCUT2D eigenvalue weighted by atomic mass is 9.92. The minimum absolute atomic E-state index is 0.0561. The fourth-order valence-electron chi connectivity index (χ4n) is 3.64. The largest absolute Gasteiger partial charge is 0.326 e. The van der Waals surface area contributed by atoms with E-state index in [1.165, 1.54) is 0 Å². The molecule has 2 amide bonds. The molecule has 0 bridgehead atoms. The second-order valence-electron chi connectivity index (χ2n) is 8.42. The fourth-order valence-corrected chi connectivity index (χ4v) is 3.64. The van der Waals surface area contributed by atoms with Gasteiger partial charge in [0.05, 0.1) is 11.8 Å². The van der Waals surface area contributed by atoms with Gasteiger partial charge in [-0.25, -0.2) is 0 Å². The Morgan fingerprint density at radius 3 is 1.93 bits per heavy atom. The van der Waals surface area contributed by atoms with Gasteiger partial charge in [0.2, 0.25) is 11.8 Å². The van der Waals surface area contributed by atoms with Gasteiger partial charge in [0.15, 0.2) is 0 Å². The summed E-state index contributed by atoms with van der Waals surface area (Å²) in [6.07, 6.45) is 0.602. The third-order valence-electron chi connectivity index (χ3n) is 5.37. The van der Waals surface area contributed by atoms with Gasteiger partial charge in [0.1, 0.15) is 0 Å². The molecular formula is C24H30N2O2. The second kappa shape index (κ2) is 8.17. The maximum atomic E-state index is 12.9.